The van der Waals surface area contributed by atoms with Gasteiger partial charge in [0.2, 0.25) is 11.9 Å². The van der Waals surface area contributed by atoms with Crippen molar-refractivity contribution in [2.24, 2.45) is 0 Å². The third kappa shape index (κ3) is 9.14. The lowest BCUT2D eigenvalue weighted by molar-refractivity contribution is -0.114. The van der Waals surface area contributed by atoms with Crippen LogP contribution in [0.1, 0.15) is 49.4 Å². The van der Waals surface area contributed by atoms with Crippen molar-refractivity contribution in [2.75, 3.05) is 49.2 Å². The van der Waals surface area contributed by atoms with Gasteiger partial charge in [0, 0.05) is 80.6 Å². The Bertz CT molecular complexity index is 1720. The second kappa shape index (κ2) is 15.2. The number of nitrogens with one attached hydrogen (secondary N) is 3. The molecular weight excluding hydrogens is 588 g/mol. The zero-order valence-electron chi connectivity index (χ0n) is 27.0. The lowest BCUT2D eigenvalue weighted by atomic mass is 9.93. The maximum atomic E-state index is 11.3. The van der Waals surface area contributed by atoms with Gasteiger partial charge in [0.15, 0.2) is 0 Å². The molecule has 10 heteroatoms. The highest BCUT2D eigenvalue weighted by Gasteiger charge is 2.21. The van der Waals surface area contributed by atoms with Crippen molar-refractivity contribution in [3.8, 4) is 23.0 Å². The number of hydrogen-bond donors (Lipinski definition) is 4. The Hall–Kier alpha value is -4.82. The first-order valence-corrected chi connectivity index (χ1v) is 16.3. The van der Waals surface area contributed by atoms with E-state index in [1.54, 1.807) is 18.3 Å². The zero-order valence-corrected chi connectivity index (χ0v) is 27.0. The zero-order chi connectivity index (χ0) is 32.6. The molecule has 2 fully saturated rings. The number of rotatable bonds is 8. The van der Waals surface area contributed by atoms with Crippen LogP contribution in [0.5, 0.6) is 0 Å². The van der Waals surface area contributed by atoms with Crippen molar-refractivity contribution in [3.05, 3.63) is 89.9 Å². The highest BCUT2D eigenvalue weighted by Crippen LogP contribution is 2.31. The Morgan fingerprint density at radius 2 is 1.66 bits per heavy atom. The lowest BCUT2D eigenvalue weighted by Gasteiger charge is -2.32. The van der Waals surface area contributed by atoms with E-state index in [1.165, 1.54) is 12.5 Å². The average molecular weight is 631 g/mol. The summed E-state index contributed by atoms with van der Waals surface area (Å²) in [5.74, 6) is 7.32. The van der Waals surface area contributed by atoms with Gasteiger partial charge < -0.3 is 26.0 Å². The maximum absolute atomic E-state index is 11.3. The third-order valence-electron chi connectivity index (χ3n) is 8.65. The van der Waals surface area contributed by atoms with Crippen LogP contribution in [0.25, 0.3) is 11.1 Å². The van der Waals surface area contributed by atoms with E-state index < -0.39 is 0 Å². The van der Waals surface area contributed by atoms with Gasteiger partial charge in [-0.05, 0) is 86.2 Å². The number of anilines is 4. The standard InChI is InChI=1S/C37H42N8O2/c1-26(46)40-33-17-18-38-32(23-33)12-7-27-5-10-31(11-6-27)42-37-39-24-35(36(43-37)41-30-13-15-34(47)16-14-30)29-8-3-28(4-9-29)25-45-21-19-44(2)20-22-45/h3-6,8-11,17-18,23-24,30,34,47H,13-16,19-22,25H2,1-2H3,(H,38,40,46)(H2,39,41,42,43). The molecule has 0 unspecified atom stereocenters. The topological polar surface area (TPSA) is 119 Å². The number of benzene rings is 2. The van der Waals surface area contributed by atoms with Crippen molar-refractivity contribution >= 4 is 29.0 Å². The van der Waals surface area contributed by atoms with Gasteiger partial charge in [-0.15, -0.1) is 0 Å². The fourth-order valence-corrected chi connectivity index (χ4v) is 5.91. The van der Waals surface area contributed by atoms with E-state index in [1.807, 2.05) is 30.5 Å². The monoisotopic (exact) mass is 630 g/mol. The summed E-state index contributed by atoms with van der Waals surface area (Å²) in [6.07, 6.45) is 6.65. The Labute approximate surface area is 276 Å². The number of piperazine rings is 1. The SMILES string of the molecule is CC(=O)Nc1ccnc(C#Cc2ccc(Nc3ncc(-c4ccc(CN5CCN(C)CC5)cc4)c(NC4CCC(O)CC4)n3)cc2)c1. The molecule has 4 N–H and O–H groups in total. The van der Waals surface area contributed by atoms with Gasteiger partial charge >= 0.3 is 0 Å². The van der Waals surface area contributed by atoms with E-state index >= 15 is 0 Å². The number of hydrogen-bond acceptors (Lipinski definition) is 9. The molecule has 3 heterocycles. The second-order valence-electron chi connectivity index (χ2n) is 12.4. The fraction of sp³-hybridized carbons (Fsp3) is 0.351. The Morgan fingerprint density at radius 1 is 0.915 bits per heavy atom. The van der Waals surface area contributed by atoms with E-state index in [0.29, 0.717) is 17.3 Å². The average Bonchev–Trinajstić information content (AvgIpc) is 3.07. The molecule has 1 saturated carbocycles. The Kier molecular flexibility index (Phi) is 10.4. The van der Waals surface area contributed by atoms with Gasteiger partial charge in [-0.25, -0.2) is 9.97 Å². The molecule has 2 aliphatic rings. The van der Waals surface area contributed by atoms with Crippen LogP contribution in [-0.4, -0.2) is 81.1 Å². The number of amides is 1. The Balaban J connectivity index is 1.16. The molecule has 2 aromatic carbocycles. The summed E-state index contributed by atoms with van der Waals surface area (Å²) in [6, 6.07) is 20.2. The summed E-state index contributed by atoms with van der Waals surface area (Å²) in [4.78, 5) is 30.1. The molecule has 242 valence electrons. The molecular formula is C37H42N8O2. The molecule has 1 aliphatic heterocycles. The van der Waals surface area contributed by atoms with Crippen LogP contribution in [0.4, 0.5) is 23.1 Å². The molecule has 47 heavy (non-hydrogen) atoms. The van der Waals surface area contributed by atoms with Crippen molar-refractivity contribution in [2.45, 2.75) is 51.3 Å². The van der Waals surface area contributed by atoms with Gasteiger partial charge in [-0.2, -0.15) is 4.98 Å². The third-order valence-corrected chi connectivity index (χ3v) is 8.65. The number of carbonyl (C=O) groups is 1. The number of aromatic nitrogens is 3. The molecule has 1 aliphatic carbocycles. The van der Waals surface area contributed by atoms with Crippen molar-refractivity contribution in [1.82, 2.24) is 24.8 Å². The first-order chi connectivity index (χ1) is 22.9. The van der Waals surface area contributed by atoms with Crippen molar-refractivity contribution < 1.29 is 9.90 Å². The summed E-state index contributed by atoms with van der Waals surface area (Å²) in [6.45, 7) is 6.82. The molecule has 6 rings (SSSR count). The van der Waals surface area contributed by atoms with Crippen LogP contribution >= 0.6 is 0 Å². The number of nitrogens with zero attached hydrogens (tertiary/aromatic N) is 5. The summed E-state index contributed by atoms with van der Waals surface area (Å²) in [5.41, 5.74) is 6.23. The summed E-state index contributed by atoms with van der Waals surface area (Å²) >= 11 is 0. The molecule has 1 saturated heterocycles. The molecule has 10 nitrogen and oxygen atoms in total. The molecule has 4 aromatic rings. The fourth-order valence-electron chi connectivity index (χ4n) is 5.91. The van der Waals surface area contributed by atoms with Gasteiger partial charge in [-0.1, -0.05) is 30.2 Å². The predicted octanol–water partition coefficient (Wildman–Crippen LogP) is 5.10. The van der Waals surface area contributed by atoms with Crippen LogP contribution in [0.15, 0.2) is 73.1 Å². The van der Waals surface area contributed by atoms with Gasteiger partial charge in [-0.3, -0.25) is 9.69 Å². The highest BCUT2D eigenvalue weighted by molar-refractivity contribution is 5.88. The number of carbonyl (C=O) groups excluding carboxylic acids is 1. The van der Waals surface area contributed by atoms with E-state index in [9.17, 15) is 9.90 Å². The first kappa shape index (κ1) is 32.1. The molecule has 0 radical (unpaired) electrons. The molecule has 0 spiro atoms. The van der Waals surface area contributed by atoms with Gasteiger partial charge in [0.25, 0.3) is 0 Å². The Morgan fingerprint density at radius 3 is 2.38 bits per heavy atom. The van der Waals surface area contributed by atoms with Crippen molar-refractivity contribution in [1.29, 1.82) is 0 Å². The minimum absolute atomic E-state index is 0.139. The summed E-state index contributed by atoms with van der Waals surface area (Å²) in [7, 11) is 2.18. The van der Waals surface area contributed by atoms with E-state index in [0.717, 1.165) is 86.6 Å². The molecule has 2 aromatic heterocycles. The molecule has 0 atom stereocenters. The maximum Gasteiger partial charge on any atom is 0.229 e. The largest absolute Gasteiger partial charge is 0.393 e. The molecule has 1 amide bonds. The summed E-state index contributed by atoms with van der Waals surface area (Å²) < 4.78 is 0. The highest BCUT2D eigenvalue weighted by atomic mass is 16.3. The predicted molar refractivity (Wildman–Crippen MR) is 186 cm³/mol. The normalized spacial score (nSPS) is 18.5. The van der Waals surface area contributed by atoms with E-state index in [2.05, 4.69) is 78.9 Å². The minimum Gasteiger partial charge on any atom is -0.393 e. The smallest absolute Gasteiger partial charge is 0.229 e. The minimum atomic E-state index is -0.221. The van der Waals surface area contributed by atoms with Gasteiger partial charge in [0.1, 0.15) is 11.5 Å². The first-order valence-electron chi connectivity index (χ1n) is 16.3. The number of pyridine rings is 1. The van der Waals surface area contributed by atoms with Crippen molar-refractivity contribution in [3.63, 3.8) is 0 Å². The van der Waals surface area contributed by atoms with Crippen LogP contribution in [0.2, 0.25) is 0 Å². The summed E-state index contributed by atoms with van der Waals surface area (Å²) in [5, 5.41) is 19.8. The van der Waals surface area contributed by atoms with E-state index in [-0.39, 0.29) is 18.1 Å². The lowest BCUT2D eigenvalue weighted by Crippen LogP contribution is -2.43. The number of likely N-dealkylation sites (N-methyl/N-ethyl adjacent to an activating group) is 1. The van der Waals surface area contributed by atoms with Crippen LogP contribution < -0.4 is 16.0 Å². The van der Waals surface area contributed by atoms with Crippen LogP contribution in [0, 0.1) is 11.8 Å². The quantitative estimate of drug-likeness (QED) is 0.197. The van der Waals surface area contributed by atoms with E-state index in [4.69, 9.17) is 4.98 Å². The van der Waals surface area contributed by atoms with Gasteiger partial charge in [0.05, 0.1) is 6.10 Å². The van der Waals surface area contributed by atoms with Crippen LogP contribution in [-0.2, 0) is 11.3 Å². The number of aliphatic hydroxyl groups excluding tert-OH is 1. The molecule has 0 bridgehead atoms. The van der Waals surface area contributed by atoms with Crippen LogP contribution in [0.3, 0.4) is 0 Å². The second-order valence-corrected chi connectivity index (χ2v) is 12.4. The number of aliphatic hydroxyl groups is 1.